The third kappa shape index (κ3) is 2.60. The Balaban J connectivity index is 2.44. The highest BCUT2D eigenvalue weighted by Crippen LogP contribution is 2.40. The minimum Gasteiger partial charge on any atom is -0.271 e. The number of hydrogen-bond acceptors (Lipinski definition) is 4. The summed E-state index contributed by atoms with van der Waals surface area (Å²) in [6.45, 7) is 0. The van der Waals surface area contributed by atoms with Gasteiger partial charge in [-0.3, -0.25) is 5.84 Å². The third-order valence-electron chi connectivity index (χ3n) is 2.11. The Morgan fingerprint density at radius 2 is 1.94 bits per heavy atom. The van der Waals surface area contributed by atoms with Crippen molar-refractivity contribution in [1.29, 1.82) is 0 Å². The van der Waals surface area contributed by atoms with Crippen molar-refractivity contribution in [2.45, 2.75) is 6.04 Å². The molecule has 0 fully saturated rings. The molecule has 86 valence electrons. The Morgan fingerprint density at radius 1 is 1.19 bits per heavy atom. The van der Waals surface area contributed by atoms with Gasteiger partial charge in [-0.25, -0.2) is 5.43 Å². The van der Waals surface area contributed by atoms with Gasteiger partial charge in [0.15, 0.2) is 0 Å². The number of thiophene rings is 2. The van der Waals surface area contributed by atoms with Crippen LogP contribution < -0.4 is 11.3 Å². The normalized spacial score (nSPS) is 13.0. The summed E-state index contributed by atoms with van der Waals surface area (Å²) in [4.78, 5) is 0. The van der Waals surface area contributed by atoms with Crippen LogP contribution in [0.1, 0.15) is 17.2 Å². The van der Waals surface area contributed by atoms with Crippen LogP contribution in [0.25, 0.3) is 0 Å². The van der Waals surface area contributed by atoms with Gasteiger partial charge in [0.1, 0.15) is 0 Å². The lowest BCUT2D eigenvalue weighted by atomic mass is 10.1. The lowest BCUT2D eigenvalue weighted by Crippen LogP contribution is -2.28. The van der Waals surface area contributed by atoms with Crippen LogP contribution in [-0.4, -0.2) is 0 Å². The van der Waals surface area contributed by atoms with Crippen LogP contribution in [0.3, 0.4) is 0 Å². The van der Waals surface area contributed by atoms with Crippen molar-refractivity contribution < 1.29 is 0 Å². The van der Waals surface area contributed by atoms with E-state index in [0.717, 1.165) is 23.2 Å². The molecule has 0 radical (unpaired) electrons. The Hall–Kier alpha value is 0.760. The molecule has 0 saturated carbocycles. The summed E-state index contributed by atoms with van der Waals surface area (Å²) in [5.41, 5.74) is 5.14. The molecule has 0 aromatic carbocycles. The molecule has 0 aliphatic heterocycles. The number of hydrogen-bond donors (Lipinski definition) is 2. The second-order valence-electron chi connectivity index (χ2n) is 3.05. The number of halogens is 3. The number of rotatable bonds is 3. The monoisotopic (exact) mass is 444 g/mol. The van der Waals surface area contributed by atoms with Crippen molar-refractivity contribution in [2.24, 2.45) is 5.84 Å². The van der Waals surface area contributed by atoms with Crippen LogP contribution in [0.5, 0.6) is 0 Å². The van der Waals surface area contributed by atoms with Crippen molar-refractivity contribution in [3.05, 3.63) is 40.0 Å². The highest BCUT2D eigenvalue weighted by molar-refractivity contribution is 9.12. The molecule has 0 aliphatic carbocycles. The zero-order chi connectivity index (χ0) is 11.7. The summed E-state index contributed by atoms with van der Waals surface area (Å²) >= 11 is 13.8. The molecule has 0 amide bonds. The van der Waals surface area contributed by atoms with E-state index >= 15 is 0 Å². The van der Waals surface area contributed by atoms with E-state index < -0.39 is 0 Å². The van der Waals surface area contributed by atoms with Crippen molar-refractivity contribution in [2.75, 3.05) is 0 Å². The van der Waals surface area contributed by atoms with Crippen LogP contribution in [0.2, 0.25) is 0 Å². The van der Waals surface area contributed by atoms with Crippen LogP contribution in [0.15, 0.2) is 28.9 Å². The van der Waals surface area contributed by atoms with Crippen molar-refractivity contribution >= 4 is 70.5 Å². The van der Waals surface area contributed by atoms with Gasteiger partial charge >= 0.3 is 0 Å². The second kappa shape index (κ2) is 5.60. The zero-order valence-electron chi connectivity index (χ0n) is 7.84. The molecule has 0 spiro atoms. The fourth-order valence-corrected chi connectivity index (χ4v) is 5.85. The fourth-order valence-electron chi connectivity index (χ4n) is 1.39. The Kier molecular flexibility index (Phi) is 4.62. The summed E-state index contributed by atoms with van der Waals surface area (Å²) in [5.74, 6) is 5.65. The Morgan fingerprint density at radius 3 is 2.38 bits per heavy atom. The molecule has 2 nitrogen and oxygen atoms in total. The molecule has 7 heteroatoms. The smallest absolute Gasteiger partial charge is 0.0762 e. The van der Waals surface area contributed by atoms with Gasteiger partial charge in [-0.15, -0.1) is 11.3 Å². The van der Waals surface area contributed by atoms with E-state index in [1.165, 1.54) is 0 Å². The second-order valence-corrected chi connectivity index (χ2v) is 8.40. The molecule has 0 saturated heterocycles. The summed E-state index contributed by atoms with van der Waals surface area (Å²) in [7, 11) is 0. The predicted molar refractivity (Wildman–Crippen MR) is 80.9 cm³/mol. The highest BCUT2D eigenvalue weighted by atomic mass is 79.9. The summed E-state index contributed by atoms with van der Waals surface area (Å²) < 4.78 is 3.25. The molecule has 1 atom stereocenters. The molecule has 2 aromatic heterocycles. The van der Waals surface area contributed by atoms with E-state index in [9.17, 15) is 0 Å². The van der Waals surface area contributed by atoms with E-state index in [-0.39, 0.29) is 6.04 Å². The Labute approximate surface area is 127 Å². The first-order chi connectivity index (χ1) is 7.63. The molecular weight excluding hydrogens is 440 g/mol. The minimum absolute atomic E-state index is 0.00227. The van der Waals surface area contributed by atoms with Crippen LogP contribution in [0.4, 0.5) is 0 Å². The molecule has 2 aromatic rings. The van der Waals surface area contributed by atoms with Gasteiger partial charge < -0.3 is 0 Å². The molecule has 0 bridgehead atoms. The first-order valence-corrected chi connectivity index (χ1v) is 8.39. The third-order valence-corrected chi connectivity index (χ3v) is 6.25. The lowest BCUT2D eigenvalue weighted by Gasteiger charge is -2.14. The maximum Gasteiger partial charge on any atom is 0.0762 e. The maximum absolute atomic E-state index is 5.65. The number of hydrazine groups is 1. The van der Waals surface area contributed by atoms with Crippen LogP contribution >= 0.6 is 70.5 Å². The average Bonchev–Trinajstić information content (AvgIpc) is 2.77. The van der Waals surface area contributed by atoms with E-state index in [1.807, 2.05) is 0 Å². The molecule has 2 rings (SSSR count). The number of nitrogens with two attached hydrogens (primary N) is 1. The van der Waals surface area contributed by atoms with E-state index in [1.54, 1.807) is 22.7 Å². The predicted octanol–water partition coefficient (Wildman–Crippen LogP) is 4.65. The summed E-state index contributed by atoms with van der Waals surface area (Å²) in [6, 6.07) is 2.07. The van der Waals surface area contributed by atoms with Gasteiger partial charge in [-0.05, 0) is 64.8 Å². The molecule has 1 unspecified atom stereocenters. The van der Waals surface area contributed by atoms with Gasteiger partial charge in [0.2, 0.25) is 0 Å². The lowest BCUT2D eigenvalue weighted by molar-refractivity contribution is 0.636. The standard InChI is InChI=1S/C9H7Br3N2S2/c10-6-3-15-2-5(6)8(14-13)4-1-7(11)16-9(4)12/h1-3,8,14H,13H2. The van der Waals surface area contributed by atoms with Crippen LogP contribution in [0, 0.1) is 0 Å². The SMILES string of the molecule is NNC(c1cscc1Br)c1cc(Br)sc1Br. The molecular formula is C9H7Br3N2S2. The summed E-state index contributed by atoms with van der Waals surface area (Å²) in [6.07, 6.45) is 0. The maximum atomic E-state index is 5.65. The largest absolute Gasteiger partial charge is 0.271 e. The molecule has 2 heterocycles. The fraction of sp³-hybridized carbons (Fsp3) is 0.111. The topological polar surface area (TPSA) is 38.0 Å². The molecule has 3 N–H and O–H groups in total. The minimum atomic E-state index is -0.00227. The van der Waals surface area contributed by atoms with Crippen molar-refractivity contribution in [3.8, 4) is 0 Å². The van der Waals surface area contributed by atoms with Crippen molar-refractivity contribution in [3.63, 3.8) is 0 Å². The zero-order valence-corrected chi connectivity index (χ0v) is 14.2. The summed E-state index contributed by atoms with van der Waals surface area (Å²) in [5, 5.41) is 4.14. The molecule has 0 aliphatic rings. The number of nitrogens with one attached hydrogen (secondary N) is 1. The van der Waals surface area contributed by atoms with E-state index in [4.69, 9.17) is 5.84 Å². The van der Waals surface area contributed by atoms with Crippen molar-refractivity contribution in [1.82, 2.24) is 5.43 Å². The first kappa shape index (κ1) is 13.2. The van der Waals surface area contributed by atoms with Gasteiger partial charge in [-0.1, -0.05) is 0 Å². The molecule has 16 heavy (non-hydrogen) atoms. The van der Waals surface area contributed by atoms with E-state index in [0.29, 0.717) is 0 Å². The van der Waals surface area contributed by atoms with Gasteiger partial charge in [-0.2, -0.15) is 11.3 Å². The quantitative estimate of drug-likeness (QED) is 0.532. The van der Waals surface area contributed by atoms with Crippen LogP contribution in [-0.2, 0) is 0 Å². The van der Waals surface area contributed by atoms with Gasteiger partial charge in [0, 0.05) is 15.4 Å². The average molecular weight is 447 g/mol. The van der Waals surface area contributed by atoms with Gasteiger partial charge in [0.05, 0.1) is 13.6 Å². The van der Waals surface area contributed by atoms with E-state index in [2.05, 4.69) is 70.0 Å². The first-order valence-electron chi connectivity index (χ1n) is 4.26. The highest BCUT2D eigenvalue weighted by Gasteiger charge is 2.20. The van der Waals surface area contributed by atoms with Gasteiger partial charge in [0.25, 0.3) is 0 Å². The Bertz CT molecular complexity index is 495.